The smallest absolute Gasteiger partial charge is 0.254 e. The predicted molar refractivity (Wildman–Crippen MR) is 104 cm³/mol. The minimum atomic E-state index is 0.0590. The highest BCUT2D eigenvalue weighted by atomic mass is 16.3. The summed E-state index contributed by atoms with van der Waals surface area (Å²) in [6, 6.07) is 14.0. The molecule has 0 spiro atoms. The largest absolute Gasteiger partial charge is 0.440 e. The third-order valence-electron chi connectivity index (χ3n) is 5.72. The van der Waals surface area contributed by atoms with E-state index in [2.05, 4.69) is 28.5 Å². The Morgan fingerprint density at radius 2 is 2.07 bits per heavy atom. The van der Waals surface area contributed by atoms with Gasteiger partial charge in [0.15, 0.2) is 11.5 Å². The highest BCUT2D eigenvalue weighted by Crippen LogP contribution is 2.27. The van der Waals surface area contributed by atoms with Crippen LogP contribution >= 0.6 is 0 Å². The first-order valence-electron chi connectivity index (χ1n) is 9.75. The quantitative estimate of drug-likeness (QED) is 0.759. The molecular formula is C22H23N3O2. The van der Waals surface area contributed by atoms with E-state index in [0.717, 1.165) is 50.3 Å². The zero-order chi connectivity index (χ0) is 18.2. The molecule has 2 aromatic carbocycles. The third-order valence-corrected chi connectivity index (χ3v) is 5.72. The van der Waals surface area contributed by atoms with Crippen LogP contribution in [0.4, 0.5) is 0 Å². The fourth-order valence-corrected chi connectivity index (χ4v) is 4.16. The van der Waals surface area contributed by atoms with E-state index in [-0.39, 0.29) is 5.91 Å². The normalized spacial score (nSPS) is 19.9. The molecule has 1 aromatic heterocycles. The van der Waals surface area contributed by atoms with E-state index in [1.54, 1.807) is 0 Å². The van der Waals surface area contributed by atoms with Crippen molar-refractivity contribution in [2.75, 3.05) is 19.6 Å². The maximum atomic E-state index is 13.0. The van der Waals surface area contributed by atoms with E-state index in [4.69, 9.17) is 4.42 Å². The number of aromatic nitrogens is 1. The second-order valence-corrected chi connectivity index (χ2v) is 7.52. The molecule has 1 atom stereocenters. The summed E-state index contributed by atoms with van der Waals surface area (Å²) in [4.78, 5) is 19.6. The van der Waals surface area contributed by atoms with E-state index in [1.165, 1.54) is 11.1 Å². The predicted octanol–water partition coefficient (Wildman–Crippen LogP) is 3.49. The van der Waals surface area contributed by atoms with E-state index in [0.29, 0.717) is 23.6 Å². The molecule has 0 bridgehead atoms. The summed E-state index contributed by atoms with van der Waals surface area (Å²) in [6.45, 7) is 3.39. The lowest BCUT2D eigenvalue weighted by Crippen LogP contribution is -2.35. The minimum Gasteiger partial charge on any atom is -0.440 e. The number of amides is 1. The van der Waals surface area contributed by atoms with Crippen LogP contribution in [0.15, 0.2) is 46.9 Å². The van der Waals surface area contributed by atoms with Crippen LogP contribution in [0.2, 0.25) is 0 Å². The zero-order valence-electron chi connectivity index (χ0n) is 15.3. The van der Waals surface area contributed by atoms with Gasteiger partial charge in [0, 0.05) is 31.1 Å². The highest BCUT2D eigenvalue weighted by Gasteiger charge is 2.24. The first kappa shape index (κ1) is 16.5. The number of carbonyl (C=O) groups is 1. The van der Waals surface area contributed by atoms with Crippen molar-refractivity contribution in [2.45, 2.75) is 31.7 Å². The Balaban J connectivity index is 1.39. The van der Waals surface area contributed by atoms with Gasteiger partial charge >= 0.3 is 0 Å². The summed E-state index contributed by atoms with van der Waals surface area (Å²) in [6.07, 6.45) is 3.15. The van der Waals surface area contributed by atoms with Crippen LogP contribution in [0, 0.1) is 0 Å². The minimum absolute atomic E-state index is 0.0590. The Morgan fingerprint density at radius 1 is 1.19 bits per heavy atom. The zero-order valence-corrected chi connectivity index (χ0v) is 15.3. The Bertz CT molecular complexity index is 988. The molecule has 1 unspecified atom stereocenters. The van der Waals surface area contributed by atoms with Gasteiger partial charge in [0.05, 0.1) is 0 Å². The fourth-order valence-electron chi connectivity index (χ4n) is 4.16. The van der Waals surface area contributed by atoms with Gasteiger partial charge < -0.3 is 14.6 Å². The standard InChI is InChI=1S/C22H23N3O2/c26-22(25-11-9-15-4-1-2-5-18(15)14-25)16-7-8-19-20(12-16)27-21(24-19)17-6-3-10-23-13-17/h1-2,4-5,7-8,12,17,23H,3,6,9-11,13-14H2. The molecule has 1 amide bonds. The van der Waals surface area contributed by atoms with Gasteiger partial charge in [-0.2, -0.15) is 0 Å². The molecule has 1 saturated heterocycles. The molecule has 5 rings (SSSR count). The van der Waals surface area contributed by atoms with Gasteiger partial charge in [0.1, 0.15) is 5.52 Å². The van der Waals surface area contributed by atoms with Crippen LogP contribution in [-0.2, 0) is 13.0 Å². The molecule has 2 aliphatic rings. The number of nitrogens with one attached hydrogen (secondary N) is 1. The topological polar surface area (TPSA) is 58.4 Å². The van der Waals surface area contributed by atoms with Gasteiger partial charge in [0.2, 0.25) is 0 Å². The number of piperidine rings is 1. The number of benzene rings is 2. The number of nitrogens with zero attached hydrogens (tertiary/aromatic N) is 2. The molecule has 2 aliphatic heterocycles. The van der Waals surface area contributed by atoms with Gasteiger partial charge in [-0.05, 0) is 55.1 Å². The maximum Gasteiger partial charge on any atom is 0.254 e. The summed E-state index contributed by atoms with van der Waals surface area (Å²) >= 11 is 0. The first-order valence-corrected chi connectivity index (χ1v) is 9.75. The van der Waals surface area contributed by atoms with Crippen molar-refractivity contribution in [3.63, 3.8) is 0 Å². The lowest BCUT2D eigenvalue weighted by atomic mass is 9.99. The molecule has 1 N–H and O–H groups in total. The van der Waals surface area contributed by atoms with Crippen molar-refractivity contribution in [1.82, 2.24) is 15.2 Å². The van der Waals surface area contributed by atoms with Gasteiger partial charge in [-0.15, -0.1) is 0 Å². The second kappa shape index (κ2) is 6.82. The van der Waals surface area contributed by atoms with Gasteiger partial charge in [0.25, 0.3) is 5.91 Å². The lowest BCUT2D eigenvalue weighted by molar-refractivity contribution is 0.0734. The van der Waals surface area contributed by atoms with Crippen LogP contribution < -0.4 is 5.32 Å². The Hall–Kier alpha value is -2.66. The molecule has 0 aliphatic carbocycles. The van der Waals surface area contributed by atoms with E-state index in [1.807, 2.05) is 29.2 Å². The SMILES string of the molecule is O=C(c1ccc2nc(C3CCCNC3)oc2c1)N1CCc2ccccc2C1. The molecule has 27 heavy (non-hydrogen) atoms. The summed E-state index contributed by atoms with van der Waals surface area (Å²) in [5, 5.41) is 3.40. The molecule has 3 heterocycles. The average Bonchev–Trinajstić information content (AvgIpc) is 3.17. The number of carbonyl (C=O) groups excluding carboxylic acids is 1. The van der Waals surface area contributed by atoms with Crippen molar-refractivity contribution < 1.29 is 9.21 Å². The van der Waals surface area contributed by atoms with Crippen LogP contribution in [0.5, 0.6) is 0 Å². The number of oxazole rings is 1. The molecule has 0 saturated carbocycles. The maximum absolute atomic E-state index is 13.0. The third kappa shape index (κ3) is 3.12. The van der Waals surface area contributed by atoms with E-state index >= 15 is 0 Å². The number of rotatable bonds is 2. The first-order chi connectivity index (χ1) is 13.3. The molecule has 138 valence electrons. The fraction of sp³-hybridized carbons (Fsp3) is 0.364. The van der Waals surface area contributed by atoms with Crippen LogP contribution in [-0.4, -0.2) is 35.4 Å². The van der Waals surface area contributed by atoms with Crippen LogP contribution in [0.3, 0.4) is 0 Å². The Morgan fingerprint density at radius 3 is 2.93 bits per heavy atom. The molecule has 0 radical (unpaired) electrons. The van der Waals surface area contributed by atoms with Crippen molar-refractivity contribution in [3.8, 4) is 0 Å². The van der Waals surface area contributed by atoms with E-state index in [9.17, 15) is 4.79 Å². The highest BCUT2D eigenvalue weighted by molar-refractivity contribution is 5.97. The Kier molecular flexibility index (Phi) is 4.17. The van der Waals surface area contributed by atoms with Crippen molar-refractivity contribution in [3.05, 3.63) is 65.0 Å². The van der Waals surface area contributed by atoms with Crippen LogP contribution in [0.1, 0.15) is 46.1 Å². The average molecular weight is 361 g/mol. The number of fused-ring (bicyclic) bond motifs is 2. The molecule has 5 nitrogen and oxygen atoms in total. The Labute approximate surface area is 158 Å². The van der Waals surface area contributed by atoms with E-state index < -0.39 is 0 Å². The van der Waals surface area contributed by atoms with Crippen molar-refractivity contribution >= 4 is 17.0 Å². The van der Waals surface area contributed by atoms with Gasteiger partial charge in [-0.25, -0.2) is 4.98 Å². The molecular weight excluding hydrogens is 338 g/mol. The second-order valence-electron chi connectivity index (χ2n) is 7.52. The van der Waals surface area contributed by atoms with Crippen molar-refractivity contribution in [2.24, 2.45) is 0 Å². The number of hydrogen-bond acceptors (Lipinski definition) is 4. The lowest BCUT2D eigenvalue weighted by Gasteiger charge is -2.28. The molecule has 5 heteroatoms. The van der Waals surface area contributed by atoms with Gasteiger partial charge in [-0.3, -0.25) is 4.79 Å². The van der Waals surface area contributed by atoms with Crippen molar-refractivity contribution in [1.29, 1.82) is 0 Å². The monoisotopic (exact) mass is 361 g/mol. The summed E-state index contributed by atoms with van der Waals surface area (Å²) in [5.41, 5.74) is 4.80. The molecule has 3 aromatic rings. The van der Waals surface area contributed by atoms with Crippen LogP contribution in [0.25, 0.3) is 11.1 Å². The summed E-state index contributed by atoms with van der Waals surface area (Å²) in [7, 11) is 0. The molecule has 1 fully saturated rings. The van der Waals surface area contributed by atoms with Gasteiger partial charge in [-0.1, -0.05) is 24.3 Å². The summed E-state index contributed by atoms with van der Waals surface area (Å²) in [5.74, 6) is 1.17. The summed E-state index contributed by atoms with van der Waals surface area (Å²) < 4.78 is 6.02. The number of hydrogen-bond donors (Lipinski definition) is 1.